The maximum atomic E-state index is 12.3. The Morgan fingerprint density at radius 3 is 1.32 bits per heavy atom. The SMILES string of the molecule is C=C(C)C(=O)OCCOC(=O)CCNC(=O)NC1CCCC[C@H]1NC(=O)NCCC(=O)OCCOC(=O)C(=C)C. The van der Waals surface area contributed by atoms with Crippen LogP contribution in [0.15, 0.2) is 24.3 Å². The van der Waals surface area contributed by atoms with Gasteiger partial charge in [0.2, 0.25) is 0 Å². The van der Waals surface area contributed by atoms with Gasteiger partial charge in [-0.3, -0.25) is 9.59 Å². The first-order chi connectivity index (χ1) is 19.0. The Labute approximate surface area is 233 Å². The number of nitrogens with one attached hydrogen (secondary N) is 4. The van der Waals surface area contributed by atoms with E-state index < -0.39 is 35.9 Å². The van der Waals surface area contributed by atoms with E-state index >= 15 is 0 Å². The molecule has 14 nitrogen and oxygen atoms in total. The van der Waals surface area contributed by atoms with E-state index in [1.807, 2.05) is 0 Å². The fraction of sp³-hybridized carbons (Fsp3) is 0.615. The van der Waals surface area contributed by atoms with Gasteiger partial charge in [-0.15, -0.1) is 0 Å². The minimum atomic E-state index is -0.570. The van der Waals surface area contributed by atoms with E-state index in [0.29, 0.717) is 12.8 Å². The molecule has 2 atom stereocenters. The van der Waals surface area contributed by atoms with Crippen LogP contribution in [0.25, 0.3) is 0 Å². The Balaban J connectivity index is 2.24. The van der Waals surface area contributed by atoms with Crippen LogP contribution in [0.4, 0.5) is 9.59 Å². The molecule has 1 saturated carbocycles. The Bertz CT molecular complexity index is 862. The lowest BCUT2D eigenvalue weighted by molar-refractivity contribution is -0.150. The molecule has 0 radical (unpaired) electrons. The van der Waals surface area contributed by atoms with Crippen LogP contribution in [0, 0.1) is 0 Å². The highest BCUT2D eigenvalue weighted by atomic mass is 16.6. The summed E-state index contributed by atoms with van der Waals surface area (Å²) in [6.07, 6.45) is 2.93. The van der Waals surface area contributed by atoms with E-state index in [2.05, 4.69) is 34.4 Å². The molecule has 0 spiro atoms. The first-order valence-corrected chi connectivity index (χ1v) is 13.0. The van der Waals surface area contributed by atoms with Crippen LogP contribution in [0.2, 0.25) is 0 Å². The van der Waals surface area contributed by atoms with Gasteiger partial charge >= 0.3 is 35.9 Å². The predicted octanol–water partition coefficient (Wildman–Crippen LogP) is 1.00. The Hall–Kier alpha value is -4.10. The van der Waals surface area contributed by atoms with Crippen LogP contribution in [0.5, 0.6) is 0 Å². The molecule has 0 aromatic rings. The number of carbonyl (C=O) groups excluding carboxylic acids is 6. The summed E-state index contributed by atoms with van der Waals surface area (Å²) in [6, 6.07) is -1.61. The molecule has 4 amide bonds. The zero-order chi connectivity index (χ0) is 29.9. The van der Waals surface area contributed by atoms with Crippen molar-refractivity contribution in [3.8, 4) is 0 Å². The van der Waals surface area contributed by atoms with Crippen molar-refractivity contribution in [2.45, 2.75) is 64.5 Å². The normalized spacial score (nSPS) is 15.9. The predicted molar refractivity (Wildman–Crippen MR) is 142 cm³/mol. The monoisotopic (exact) mass is 568 g/mol. The molecule has 0 aromatic heterocycles. The van der Waals surface area contributed by atoms with E-state index in [4.69, 9.17) is 18.9 Å². The maximum absolute atomic E-state index is 12.3. The van der Waals surface area contributed by atoms with Crippen molar-refractivity contribution in [2.75, 3.05) is 39.5 Å². The minimum absolute atomic E-state index is 0.0357. The van der Waals surface area contributed by atoms with Gasteiger partial charge < -0.3 is 40.2 Å². The zero-order valence-corrected chi connectivity index (χ0v) is 23.1. The van der Waals surface area contributed by atoms with Crippen molar-refractivity contribution in [2.24, 2.45) is 0 Å². The van der Waals surface area contributed by atoms with Crippen LogP contribution >= 0.6 is 0 Å². The summed E-state index contributed by atoms with van der Waals surface area (Å²) < 4.78 is 19.5. The van der Waals surface area contributed by atoms with Crippen molar-refractivity contribution >= 4 is 35.9 Å². The van der Waals surface area contributed by atoms with Crippen molar-refractivity contribution in [3.63, 3.8) is 0 Å². The van der Waals surface area contributed by atoms with Gasteiger partial charge in [0.1, 0.15) is 26.4 Å². The fourth-order valence-electron chi connectivity index (χ4n) is 3.44. The molecule has 0 saturated heterocycles. The average molecular weight is 569 g/mol. The van der Waals surface area contributed by atoms with Gasteiger partial charge in [0.25, 0.3) is 0 Å². The molecule has 40 heavy (non-hydrogen) atoms. The maximum Gasteiger partial charge on any atom is 0.333 e. The lowest BCUT2D eigenvalue weighted by Gasteiger charge is -2.32. The van der Waals surface area contributed by atoms with E-state index in [0.717, 1.165) is 12.8 Å². The third-order valence-corrected chi connectivity index (χ3v) is 5.48. The molecule has 14 heteroatoms. The summed E-state index contributed by atoms with van der Waals surface area (Å²) in [5.41, 5.74) is 0.487. The highest BCUT2D eigenvalue weighted by Gasteiger charge is 2.27. The number of amides is 4. The van der Waals surface area contributed by atoms with Crippen molar-refractivity contribution in [3.05, 3.63) is 24.3 Å². The van der Waals surface area contributed by atoms with Crippen LogP contribution < -0.4 is 21.3 Å². The summed E-state index contributed by atoms with van der Waals surface area (Å²) in [5, 5.41) is 10.8. The number of ether oxygens (including phenoxy) is 4. The molecule has 1 rings (SSSR count). The van der Waals surface area contributed by atoms with Crippen molar-refractivity contribution in [1.82, 2.24) is 21.3 Å². The Morgan fingerprint density at radius 2 is 0.975 bits per heavy atom. The van der Waals surface area contributed by atoms with Gasteiger partial charge in [0, 0.05) is 24.2 Å². The molecule has 1 aliphatic rings. The number of carbonyl (C=O) groups is 6. The zero-order valence-electron chi connectivity index (χ0n) is 23.1. The molecule has 0 bridgehead atoms. The number of hydrogen-bond donors (Lipinski definition) is 4. The molecule has 1 fully saturated rings. The van der Waals surface area contributed by atoms with Crippen molar-refractivity contribution in [1.29, 1.82) is 0 Å². The van der Waals surface area contributed by atoms with Gasteiger partial charge in [-0.1, -0.05) is 26.0 Å². The van der Waals surface area contributed by atoms with Crippen LogP contribution in [-0.2, 0) is 38.1 Å². The number of urea groups is 2. The van der Waals surface area contributed by atoms with Gasteiger partial charge in [-0.05, 0) is 26.7 Å². The molecule has 1 aliphatic carbocycles. The molecule has 1 unspecified atom stereocenters. The lowest BCUT2D eigenvalue weighted by atomic mass is 9.90. The molecule has 4 N–H and O–H groups in total. The Kier molecular flexibility index (Phi) is 16.1. The third kappa shape index (κ3) is 15.3. The summed E-state index contributed by atoms with van der Waals surface area (Å²) in [4.78, 5) is 70.6. The quantitative estimate of drug-likeness (QED) is 0.0905. The second kappa shape index (κ2) is 19.0. The highest BCUT2D eigenvalue weighted by molar-refractivity contribution is 5.87. The smallest absolute Gasteiger partial charge is 0.333 e. The topological polar surface area (TPSA) is 187 Å². The molecule has 0 aliphatic heterocycles. The fourth-order valence-corrected chi connectivity index (χ4v) is 3.44. The summed E-state index contributed by atoms with van der Waals surface area (Å²) in [6.45, 7) is 9.58. The highest BCUT2D eigenvalue weighted by Crippen LogP contribution is 2.18. The van der Waals surface area contributed by atoms with Gasteiger partial charge in [0.05, 0.1) is 24.9 Å². The summed E-state index contributed by atoms with van der Waals surface area (Å²) in [5.74, 6) is -2.26. The summed E-state index contributed by atoms with van der Waals surface area (Å²) in [7, 11) is 0. The minimum Gasteiger partial charge on any atom is -0.462 e. The molecule has 224 valence electrons. The van der Waals surface area contributed by atoms with Gasteiger partial charge in [-0.25, -0.2) is 19.2 Å². The first-order valence-electron chi connectivity index (χ1n) is 13.0. The molecule has 0 heterocycles. The molecular weight excluding hydrogens is 528 g/mol. The van der Waals surface area contributed by atoms with Crippen LogP contribution in [0.1, 0.15) is 52.4 Å². The van der Waals surface area contributed by atoms with Gasteiger partial charge in [-0.2, -0.15) is 0 Å². The van der Waals surface area contributed by atoms with E-state index in [9.17, 15) is 28.8 Å². The van der Waals surface area contributed by atoms with E-state index in [-0.39, 0.29) is 75.6 Å². The number of hydrogen-bond acceptors (Lipinski definition) is 10. The van der Waals surface area contributed by atoms with Gasteiger partial charge in [0.15, 0.2) is 0 Å². The standard InChI is InChI=1S/C26H40N4O10/c1-17(2)23(33)39-15-13-37-21(31)9-11-27-25(35)29-19-7-5-6-8-20(19)30-26(36)28-12-10-22(32)38-14-16-40-24(34)18(3)4/h19-20H,1,3,5-16H2,2,4H3,(H2,27,29,35)(H2,28,30,36)/t19-,20?/m1/s1. The van der Waals surface area contributed by atoms with E-state index in [1.165, 1.54) is 13.8 Å². The Morgan fingerprint density at radius 1 is 0.625 bits per heavy atom. The third-order valence-electron chi connectivity index (χ3n) is 5.48. The number of rotatable bonds is 16. The second-order valence-corrected chi connectivity index (χ2v) is 9.07. The molecule has 0 aromatic carbocycles. The summed E-state index contributed by atoms with van der Waals surface area (Å²) >= 11 is 0. The lowest BCUT2D eigenvalue weighted by Crippen LogP contribution is -2.56. The van der Waals surface area contributed by atoms with E-state index in [1.54, 1.807) is 0 Å². The van der Waals surface area contributed by atoms with Crippen LogP contribution in [0.3, 0.4) is 0 Å². The largest absolute Gasteiger partial charge is 0.462 e. The van der Waals surface area contributed by atoms with Crippen LogP contribution in [-0.4, -0.2) is 87.5 Å². The molecular formula is C26H40N4O10. The number of esters is 4. The second-order valence-electron chi connectivity index (χ2n) is 9.07. The van der Waals surface area contributed by atoms with Crippen molar-refractivity contribution < 1.29 is 47.7 Å². The average Bonchev–Trinajstić information content (AvgIpc) is 2.89. The first kappa shape index (κ1) is 33.9.